The summed E-state index contributed by atoms with van der Waals surface area (Å²) in [6.07, 6.45) is 1.27. The fourth-order valence-corrected chi connectivity index (χ4v) is 2.23. The van der Waals surface area contributed by atoms with Gasteiger partial charge in [0.1, 0.15) is 5.75 Å². The number of nitrogens with one attached hydrogen (secondary N) is 2. The molecule has 21 heavy (non-hydrogen) atoms. The van der Waals surface area contributed by atoms with Gasteiger partial charge >= 0.3 is 0 Å². The van der Waals surface area contributed by atoms with Crippen molar-refractivity contribution in [2.75, 3.05) is 18.5 Å². The molecule has 2 rings (SSSR count). The summed E-state index contributed by atoms with van der Waals surface area (Å²) in [5.74, 6) is 0.0211. The van der Waals surface area contributed by atoms with Crippen LogP contribution in [0.1, 0.15) is 37.0 Å². The molecule has 0 bridgehead atoms. The van der Waals surface area contributed by atoms with E-state index in [-0.39, 0.29) is 25.0 Å². The van der Waals surface area contributed by atoms with Gasteiger partial charge in [-0.3, -0.25) is 9.59 Å². The van der Waals surface area contributed by atoms with E-state index in [4.69, 9.17) is 4.74 Å². The van der Waals surface area contributed by atoms with Crippen LogP contribution >= 0.6 is 0 Å². The van der Waals surface area contributed by atoms with Crippen LogP contribution in [0.3, 0.4) is 0 Å². The third kappa shape index (κ3) is 3.16. The van der Waals surface area contributed by atoms with Crippen LogP contribution < -0.4 is 15.4 Å². The molecule has 0 radical (unpaired) electrons. The lowest BCUT2D eigenvalue weighted by molar-refractivity contribution is -0.118. The number of fused-ring (bicyclic) bond motifs is 1. The van der Waals surface area contributed by atoms with E-state index in [1.807, 2.05) is 13.8 Å². The van der Waals surface area contributed by atoms with E-state index in [9.17, 15) is 14.7 Å². The second-order valence-electron chi connectivity index (χ2n) is 5.15. The molecular formula is C15H20N2O4. The molecule has 0 aromatic heterocycles. The molecular weight excluding hydrogens is 272 g/mol. The predicted molar refractivity (Wildman–Crippen MR) is 78.4 cm³/mol. The molecule has 0 atom stereocenters. The molecule has 1 aliphatic heterocycles. The Morgan fingerprint density at radius 2 is 2.14 bits per heavy atom. The molecule has 1 aromatic carbocycles. The van der Waals surface area contributed by atoms with Gasteiger partial charge in [0, 0.05) is 5.56 Å². The first-order valence-corrected chi connectivity index (χ1v) is 7.03. The van der Waals surface area contributed by atoms with Crippen LogP contribution in [0, 0.1) is 0 Å². The van der Waals surface area contributed by atoms with Crippen molar-refractivity contribution >= 4 is 17.5 Å². The Labute approximate surface area is 123 Å². The summed E-state index contributed by atoms with van der Waals surface area (Å²) in [4.78, 5) is 23.6. The van der Waals surface area contributed by atoms with Crippen molar-refractivity contribution in [3.63, 3.8) is 0 Å². The van der Waals surface area contributed by atoms with Crippen molar-refractivity contribution in [2.45, 2.75) is 32.2 Å². The Balaban J connectivity index is 2.20. The Kier molecular flexibility index (Phi) is 4.47. The van der Waals surface area contributed by atoms with Crippen LogP contribution in [-0.2, 0) is 4.79 Å². The molecule has 0 fully saturated rings. The van der Waals surface area contributed by atoms with Crippen molar-refractivity contribution < 1.29 is 19.4 Å². The Morgan fingerprint density at radius 3 is 2.76 bits per heavy atom. The highest BCUT2D eigenvalue weighted by Crippen LogP contribution is 2.28. The molecule has 0 saturated carbocycles. The van der Waals surface area contributed by atoms with Crippen LogP contribution in [-0.4, -0.2) is 35.7 Å². The normalized spacial score (nSPS) is 14.0. The topological polar surface area (TPSA) is 87.7 Å². The van der Waals surface area contributed by atoms with Gasteiger partial charge in [-0.05, 0) is 31.0 Å². The number of rotatable bonds is 5. The molecule has 2 amide bonds. The first kappa shape index (κ1) is 15.3. The number of carbonyl (C=O) groups excluding carboxylic acids is 2. The summed E-state index contributed by atoms with van der Waals surface area (Å²) in [5, 5.41) is 15.0. The smallest absolute Gasteiger partial charge is 0.262 e. The average Bonchev–Trinajstić information content (AvgIpc) is 2.51. The average molecular weight is 292 g/mol. The van der Waals surface area contributed by atoms with Crippen LogP contribution in [0.25, 0.3) is 0 Å². The molecule has 1 heterocycles. The maximum Gasteiger partial charge on any atom is 0.262 e. The highest BCUT2D eigenvalue weighted by Gasteiger charge is 2.28. The van der Waals surface area contributed by atoms with Gasteiger partial charge in [0.15, 0.2) is 6.61 Å². The molecule has 0 spiro atoms. The number of benzene rings is 1. The molecule has 0 aliphatic carbocycles. The number of amides is 2. The SMILES string of the molecule is CCC(CC)(CO)NC(=O)c1ccc2c(c1)NC(=O)CO2. The minimum absolute atomic E-state index is 0.0160. The van der Waals surface area contributed by atoms with E-state index in [1.165, 1.54) is 0 Å². The Bertz CT molecular complexity index is 544. The van der Waals surface area contributed by atoms with Gasteiger partial charge in [0.25, 0.3) is 11.8 Å². The minimum Gasteiger partial charge on any atom is -0.482 e. The number of aliphatic hydroxyl groups excluding tert-OH is 1. The molecule has 6 heteroatoms. The van der Waals surface area contributed by atoms with Gasteiger partial charge in [0.05, 0.1) is 17.8 Å². The molecule has 0 unspecified atom stereocenters. The van der Waals surface area contributed by atoms with Crippen LogP contribution in [0.5, 0.6) is 5.75 Å². The first-order chi connectivity index (χ1) is 10.0. The summed E-state index contributed by atoms with van der Waals surface area (Å²) in [6.45, 7) is 3.70. The number of carbonyl (C=O) groups is 2. The third-order valence-corrected chi connectivity index (χ3v) is 3.91. The van der Waals surface area contributed by atoms with Gasteiger partial charge in [-0.25, -0.2) is 0 Å². The maximum atomic E-state index is 12.3. The van der Waals surface area contributed by atoms with Gasteiger partial charge in [0.2, 0.25) is 0 Å². The van der Waals surface area contributed by atoms with Crippen LogP contribution in [0.4, 0.5) is 5.69 Å². The third-order valence-electron chi connectivity index (χ3n) is 3.91. The number of aliphatic hydroxyl groups is 1. The zero-order valence-corrected chi connectivity index (χ0v) is 12.2. The zero-order valence-electron chi connectivity index (χ0n) is 12.2. The predicted octanol–water partition coefficient (Wildman–Crippen LogP) is 1.30. The van der Waals surface area contributed by atoms with Crippen molar-refractivity contribution in [3.05, 3.63) is 23.8 Å². The van der Waals surface area contributed by atoms with Crippen molar-refractivity contribution in [3.8, 4) is 5.75 Å². The van der Waals surface area contributed by atoms with Crippen LogP contribution in [0.2, 0.25) is 0 Å². The summed E-state index contributed by atoms with van der Waals surface area (Å²) in [6, 6.07) is 4.87. The molecule has 1 aromatic rings. The standard InChI is InChI=1S/C15H20N2O4/c1-3-15(4-2,9-18)17-14(20)10-5-6-12-11(7-10)16-13(19)8-21-12/h5-7,18H,3-4,8-9H2,1-2H3,(H,16,19)(H,17,20). The Morgan fingerprint density at radius 1 is 1.43 bits per heavy atom. The van der Waals surface area contributed by atoms with Gasteiger partial charge < -0.3 is 20.5 Å². The van der Waals surface area contributed by atoms with Gasteiger partial charge in [-0.15, -0.1) is 0 Å². The van der Waals surface area contributed by atoms with Crippen LogP contribution in [0.15, 0.2) is 18.2 Å². The monoisotopic (exact) mass is 292 g/mol. The second-order valence-corrected chi connectivity index (χ2v) is 5.15. The lowest BCUT2D eigenvalue weighted by atomic mass is 9.93. The fourth-order valence-electron chi connectivity index (χ4n) is 2.23. The van der Waals surface area contributed by atoms with E-state index < -0.39 is 5.54 Å². The molecule has 114 valence electrons. The zero-order chi connectivity index (χ0) is 15.5. The van der Waals surface area contributed by atoms with Gasteiger partial charge in [-0.1, -0.05) is 13.8 Å². The largest absolute Gasteiger partial charge is 0.482 e. The molecule has 1 aliphatic rings. The van der Waals surface area contributed by atoms with Crippen molar-refractivity contribution in [1.29, 1.82) is 0 Å². The molecule has 6 nitrogen and oxygen atoms in total. The second kappa shape index (κ2) is 6.13. The molecule has 0 saturated heterocycles. The quantitative estimate of drug-likeness (QED) is 0.763. The summed E-state index contributed by atoms with van der Waals surface area (Å²) in [7, 11) is 0. The number of anilines is 1. The summed E-state index contributed by atoms with van der Waals surface area (Å²) < 4.78 is 5.25. The molecule has 3 N–H and O–H groups in total. The summed E-state index contributed by atoms with van der Waals surface area (Å²) in [5.41, 5.74) is 0.285. The number of ether oxygens (including phenoxy) is 1. The van der Waals surface area contributed by atoms with Gasteiger partial charge in [-0.2, -0.15) is 0 Å². The summed E-state index contributed by atoms with van der Waals surface area (Å²) >= 11 is 0. The lowest BCUT2D eigenvalue weighted by Gasteiger charge is -2.31. The maximum absolute atomic E-state index is 12.3. The van der Waals surface area contributed by atoms with E-state index in [1.54, 1.807) is 18.2 Å². The van der Waals surface area contributed by atoms with E-state index >= 15 is 0 Å². The van der Waals surface area contributed by atoms with E-state index in [0.717, 1.165) is 0 Å². The first-order valence-electron chi connectivity index (χ1n) is 7.03. The highest BCUT2D eigenvalue weighted by atomic mass is 16.5. The minimum atomic E-state index is -0.618. The lowest BCUT2D eigenvalue weighted by Crippen LogP contribution is -2.50. The van der Waals surface area contributed by atoms with Crippen molar-refractivity contribution in [1.82, 2.24) is 5.32 Å². The van der Waals surface area contributed by atoms with Crippen molar-refractivity contribution in [2.24, 2.45) is 0 Å². The Hall–Kier alpha value is -2.08. The van der Waals surface area contributed by atoms with E-state index in [0.29, 0.717) is 29.8 Å². The fraction of sp³-hybridized carbons (Fsp3) is 0.467. The van der Waals surface area contributed by atoms with E-state index in [2.05, 4.69) is 10.6 Å². The number of hydrogen-bond acceptors (Lipinski definition) is 4. The number of hydrogen-bond donors (Lipinski definition) is 3. The highest BCUT2D eigenvalue weighted by molar-refractivity contribution is 6.00.